The molecule has 0 rings (SSSR count). The second-order valence-corrected chi connectivity index (χ2v) is 4.49. The van der Waals surface area contributed by atoms with Crippen LogP contribution in [0.15, 0.2) is 4.99 Å². The van der Waals surface area contributed by atoms with Gasteiger partial charge in [0.25, 0.3) is 0 Å². The summed E-state index contributed by atoms with van der Waals surface area (Å²) in [5.74, 6) is 1.50. The standard InChI is InChI=1S/C13H28N2/c1-4-5-8-12(2)13(11-14)9-6-7-10-15-3/h10,12-13H,4-9,11,14H2,1-3H3. The topological polar surface area (TPSA) is 38.4 Å². The highest BCUT2D eigenvalue weighted by molar-refractivity contribution is 5.56. The van der Waals surface area contributed by atoms with Gasteiger partial charge in [-0.25, -0.2) is 0 Å². The Bertz CT molecular complexity index is 155. The Hall–Kier alpha value is -0.370. The van der Waals surface area contributed by atoms with E-state index >= 15 is 0 Å². The van der Waals surface area contributed by atoms with Crippen molar-refractivity contribution >= 4 is 6.21 Å². The number of nitrogens with zero attached hydrogens (tertiary/aromatic N) is 1. The molecule has 0 amide bonds. The van der Waals surface area contributed by atoms with Crippen molar-refractivity contribution < 1.29 is 0 Å². The van der Waals surface area contributed by atoms with Crippen LogP contribution in [0.2, 0.25) is 0 Å². The van der Waals surface area contributed by atoms with Gasteiger partial charge in [-0.2, -0.15) is 0 Å². The summed E-state index contributed by atoms with van der Waals surface area (Å²) in [6, 6.07) is 0. The molecule has 0 fully saturated rings. The van der Waals surface area contributed by atoms with Crippen LogP contribution in [-0.4, -0.2) is 19.8 Å². The van der Waals surface area contributed by atoms with Gasteiger partial charge >= 0.3 is 0 Å². The zero-order valence-electron chi connectivity index (χ0n) is 10.7. The molecule has 0 saturated heterocycles. The van der Waals surface area contributed by atoms with Crippen molar-refractivity contribution in [3.8, 4) is 0 Å². The first-order chi connectivity index (χ1) is 7.26. The molecule has 0 aliphatic rings. The van der Waals surface area contributed by atoms with Crippen molar-refractivity contribution in [2.24, 2.45) is 22.6 Å². The van der Waals surface area contributed by atoms with Crippen molar-refractivity contribution in [3.05, 3.63) is 0 Å². The molecule has 0 saturated carbocycles. The predicted molar refractivity (Wildman–Crippen MR) is 69.5 cm³/mol. The van der Waals surface area contributed by atoms with Crippen LogP contribution < -0.4 is 5.73 Å². The first-order valence-electron chi connectivity index (χ1n) is 6.36. The molecule has 0 aromatic rings. The average molecular weight is 212 g/mol. The van der Waals surface area contributed by atoms with Crippen LogP contribution >= 0.6 is 0 Å². The molecule has 0 radical (unpaired) electrons. The van der Waals surface area contributed by atoms with E-state index in [1.807, 2.05) is 13.3 Å². The Balaban J connectivity index is 3.69. The summed E-state index contributed by atoms with van der Waals surface area (Å²) in [6.45, 7) is 5.44. The summed E-state index contributed by atoms with van der Waals surface area (Å²) < 4.78 is 0. The fourth-order valence-electron chi connectivity index (χ4n) is 2.00. The molecule has 0 aliphatic heterocycles. The van der Waals surface area contributed by atoms with E-state index in [1.165, 1.54) is 32.1 Å². The summed E-state index contributed by atoms with van der Waals surface area (Å²) in [4.78, 5) is 4.00. The van der Waals surface area contributed by atoms with Gasteiger partial charge in [0.05, 0.1) is 0 Å². The zero-order chi connectivity index (χ0) is 11.5. The molecule has 2 unspecified atom stereocenters. The second kappa shape index (κ2) is 10.2. The highest BCUT2D eigenvalue weighted by atomic mass is 14.6. The third kappa shape index (κ3) is 7.55. The fourth-order valence-corrected chi connectivity index (χ4v) is 2.00. The van der Waals surface area contributed by atoms with E-state index in [1.54, 1.807) is 0 Å². The van der Waals surface area contributed by atoms with Crippen molar-refractivity contribution in [3.63, 3.8) is 0 Å². The van der Waals surface area contributed by atoms with Crippen LogP contribution in [0.25, 0.3) is 0 Å². The first kappa shape index (κ1) is 14.6. The zero-order valence-corrected chi connectivity index (χ0v) is 10.7. The number of aliphatic imine (C=N–C) groups is 1. The Morgan fingerprint density at radius 1 is 1.27 bits per heavy atom. The lowest BCUT2D eigenvalue weighted by atomic mass is 9.86. The lowest BCUT2D eigenvalue weighted by Crippen LogP contribution is -2.21. The Morgan fingerprint density at radius 2 is 2.00 bits per heavy atom. The molecular weight excluding hydrogens is 184 g/mol. The second-order valence-electron chi connectivity index (χ2n) is 4.49. The van der Waals surface area contributed by atoms with Crippen LogP contribution in [0.5, 0.6) is 0 Å². The Kier molecular flexibility index (Phi) is 9.91. The van der Waals surface area contributed by atoms with Gasteiger partial charge in [-0.1, -0.05) is 33.1 Å². The van der Waals surface area contributed by atoms with Crippen molar-refractivity contribution in [1.82, 2.24) is 0 Å². The minimum Gasteiger partial charge on any atom is -0.330 e. The maximum absolute atomic E-state index is 5.83. The molecule has 2 N–H and O–H groups in total. The van der Waals surface area contributed by atoms with Crippen molar-refractivity contribution in [2.45, 2.75) is 52.4 Å². The van der Waals surface area contributed by atoms with Crippen molar-refractivity contribution in [1.29, 1.82) is 0 Å². The minimum absolute atomic E-state index is 0.710. The summed E-state index contributed by atoms with van der Waals surface area (Å²) >= 11 is 0. The molecule has 2 nitrogen and oxygen atoms in total. The molecule has 0 aromatic heterocycles. The maximum Gasteiger partial charge on any atom is 0.0273 e. The van der Waals surface area contributed by atoms with E-state index in [0.717, 1.165) is 18.9 Å². The van der Waals surface area contributed by atoms with Gasteiger partial charge in [0.2, 0.25) is 0 Å². The quantitative estimate of drug-likeness (QED) is 0.462. The maximum atomic E-state index is 5.83. The lowest BCUT2D eigenvalue weighted by Gasteiger charge is -2.22. The van der Waals surface area contributed by atoms with Gasteiger partial charge in [-0.05, 0) is 43.9 Å². The molecule has 90 valence electrons. The molecule has 2 atom stereocenters. The average Bonchev–Trinajstić information content (AvgIpc) is 2.26. The van der Waals surface area contributed by atoms with Crippen LogP contribution in [-0.2, 0) is 0 Å². The fraction of sp³-hybridized carbons (Fsp3) is 0.923. The largest absolute Gasteiger partial charge is 0.330 e. The Labute approximate surface area is 95.4 Å². The van der Waals surface area contributed by atoms with Gasteiger partial charge in [-0.15, -0.1) is 0 Å². The molecule has 0 aliphatic carbocycles. The van der Waals surface area contributed by atoms with Crippen LogP contribution in [0.4, 0.5) is 0 Å². The summed E-state index contributed by atoms with van der Waals surface area (Å²) in [7, 11) is 1.84. The highest BCUT2D eigenvalue weighted by Gasteiger charge is 2.14. The normalized spacial score (nSPS) is 15.7. The summed E-state index contributed by atoms with van der Waals surface area (Å²) in [6.07, 6.45) is 9.57. The predicted octanol–water partition coefficient (Wildman–Crippen LogP) is 3.26. The minimum atomic E-state index is 0.710. The molecular formula is C13H28N2. The van der Waals surface area contributed by atoms with Gasteiger partial charge in [0.1, 0.15) is 0 Å². The number of rotatable bonds is 9. The molecule has 15 heavy (non-hydrogen) atoms. The number of unbranched alkanes of at least 4 members (excludes halogenated alkanes) is 2. The molecule has 0 aromatic carbocycles. The smallest absolute Gasteiger partial charge is 0.0273 e. The molecule has 0 spiro atoms. The van der Waals surface area contributed by atoms with Gasteiger partial charge in [0.15, 0.2) is 0 Å². The lowest BCUT2D eigenvalue weighted by molar-refractivity contribution is 0.314. The molecule has 0 heterocycles. The van der Waals surface area contributed by atoms with E-state index in [2.05, 4.69) is 18.8 Å². The SMILES string of the molecule is CCCCC(C)C(CN)CCCC=NC. The third-order valence-corrected chi connectivity index (χ3v) is 3.21. The van der Waals surface area contributed by atoms with Crippen LogP contribution in [0.3, 0.4) is 0 Å². The number of nitrogens with two attached hydrogens (primary N) is 1. The van der Waals surface area contributed by atoms with E-state index in [4.69, 9.17) is 5.73 Å². The monoisotopic (exact) mass is 212 g/mol. The summed E-state index contributed by atoms with van der Waals surface area (Å²) in [5.41, 5.74) is 5.83. The molecule has 2 heteroatoms. The Morgan fingerprint density at radius 3 is 2.53 bits per heavy atom. The van der Waals surface area contributed by atoms with Gasteiger partial charge in [0, 0.05) is 7.05 Å². The third-order valence-electron chi connectivity index (χ3n) is 3.21. The highest BCUT2D eigenvalue weighted by Crippen LogP contribution is 2.22. The van der Waals surface area contributed by atoms with Crippen LogP contribution in [0.1, 0.15) is 52.4 Å². The van der Waals surface area contributed by atoms with Crippen LogP contribution in [0, 0.1) is 11.8 Å². The van der Waals surface area contributed by atoms with Crippen molar-refractivity contribution in [2.75, 3.05) is 13.6 Å². The van der Waals surface area contributed by atoms with E-state index in [0.29, 0.717) is 5.92 Å². The van der Waals surface area contributed by atoms with E-state index in [-0.39, 0.29) is 0 Å². The summed E-state index contributed by atoms with van der Waals surface area (Å²) in [5, 5.41) is 0. The van der Waals surface area contributed by atoms with Gasteiger partial charge in [-0.3, -0.25) is 0 Å². The van der Waals surface area contributed by atoms with E-state index < -0.39 is 0 Å². The number of hydrogen-bond acceptors (Lipinski definition) is 2. The molecule has 0 bridgehead atoms. The van der Waals surface area contributed by atoms with Gasteiger partial charge < -0.3 is 10.7 Å². The van der Waals surface area contributed by atoms with E-state index in [9.17, 15) is 0 Å². The first-order valence-corrected chi connectivity index (χ1v) is 6.36. The number of hydrogen-bond donors (Lipinski definition) is 1.